The minimum Gasteiger partial charge on any atom is -0.356 e. The van der Waals surface area contributed by atoms with Gasteiger partial charge >= 0.3 is 0 Å². The highest BCUT2D eigenvalue weighted by atomic mass is 16.2. The smallest absolute Gasteiger partial charge is 0.222 e. The summed E-state index contributed by atoms with van der Waals surface area (Å²) >= 11 is 0. The zero-order valence-electron chi connectivity index (χ0n) is 12.1. The number of aromatic nitrogens is 2. The summed E-state index contributed by atoms with van der Waals surface area (Å²) in [6.45, 7) is 5.84. The number of carbonyl (C=O) groups is 1. The summed E-state index contributed by atoms with van der Waals surface area (Å²) in [7, 11) is 0. The first kappa shape index (κ1) is 13.3. The zero-order valence-corrected chi connectivity index (χ0v) is 12.1. The number of hydrogen-bond donors (Lipinski definition) is 0. The van der Waals surface area contributed by atoms with Gasteiger partial charge in [-0.25, -0.2) is 9.97 Å². The van der Waals surface area contributed by atoms with E-state index in [2.05, 4.69) is 14.9 Å². The summed E-state index contributed by atoms with van der Waals surface area (Å²) in [6.07, 6.45) is 5.98. The Labute approximate surface area is 120 Å². The van der Waals surface area contributed by atoms with Crippen molar-refractivity contribution in [2.24, 2.45) is 5.92 Å². The van der Waals surface area contributed by atoms with E-state index >= 15 is 0 Å². The summed E-state index contributed by atoms with van der Waals surface area (Å²) in [4.78, 5) is 24.8. The van der Waals surface area contributed by atoms with Crippen LogP contribution in [0.2, 0.25) is 0 Å². The van der Waals surface area contributed by atoms with E-state index in [0.717, 1.165) is 50.7 Å². The van der Waals surface area contributed by atoms with E-state index in [0.29, 0.717) is 11.8 Å². The predicted molar refractivity (Wildman–Crippen MR) is 77.5 cm³/mol. The molecule has 1 atom stereocenters. The van der Waals surface area contributed by atoms with Crippen molar-refractivity contribution in [1.82, 2.24) is 14.9 Å². The Bertz CT molecular complexity index is 491. The van der Waals surface area contributed by atoms with Gasteiger partial charge < -0.3 is 9.80 Å². The summed E-state index contributed by atoms with van der Waals surface area (Å²) < 4.78 is 0. The molecule has 1 aromatic rings. The van der Waals surface area contributed by atoms with Crippen molar-refractivity contribution in [2.45, 2.75) is 32.6 Å². The van der Waals surface area contributed by atoms with Crippen LogP contribution in [0.1, 0.15) is 31.5 Å². The SMILES string of the molecule is Cc1nccc(N2CCC[C@H](CN3CCCC3=O)C2)n1. The van der Waals surface area contributed by atoms with Crippen LogP contribution in [0.5, 0.6) is 0 Å². The van der Waals surface area contributed by atoms with Crippen LogP contribution in [0.25, 0.3) is 0 Å². The number of likely N-dealkylation sites (tertiary alicyclic amines) is 1. The van der Waals surface area contributed by atoms with Crippen LogP contribution < -0.4 is 4.90 Å². The van der Waals surface area contributed by atoms with Crippen molar-refractivity contribution in [3.8, 4) is 0 Å². The minimum absolute atomic E-state index is 0.333. The number of piperidine rings is 1. The van der Waals surface area contributed by atoms with E-state index in [-0.39, 0.29) is 0 Å². The average molecular weight is 274 g/mol. The fourth-order valence-corrected chi connectivity index (χ4v) is 3.25. The molecule has 0 bridgehead atoms. The number of aryl methyl sites for hydroxylation is 1. The van der Waals surface area contributed by atoms with E-state index in [9.17, 15) is 4.79 Å². The third-order valence-electron chi connectivity index (χ3n) is 4.25. The molecule has 0 spiro atoms. The molecule has 0 aromatic carbocycles. The van der Waals surface area contributed by atoms with Crippen LogP contribution in [-0.4, -0.2) is 47.0 Å². The minimum atomic E-state index is 0.333. The Morgan fingerprint density at radius 1 is 1.35 bits per heavy atom. The largest absolute Gasteiger partial charge is 0.356 e. The van der Waals surface area contributed by atoms with Crippen LogP contribution in [0, 0.1) is 12.8 Å². The second kappa shape index (κ2) is 5.77. The van der Waals surface area contributed by atoms with Crippen molar-refractivity contribution in [3.63, 3.8) is 0 Å². The maximum Gasteiger partial charge on any atom is 0.222 e. The number of nitrogens with zero attached hydrogens (tertiary/aromatic N) is 4. The van der Waals surface area contributed by atoms with Gasteiger partial charge in [-0.05, 0) is 38.2 Å². The molecule has 1 amide bonds. The van der Waals surface area contributed by atoms with Crippen LogP contribution in [0.3, 0.4) is 0 Å². The monoisotopic (exact) mass is 274 g/mol. The third-order valence-corrected chi connectivity index (χ3v) is 4.25. The molecular formula is C15H22N4O. The number of anilines is 1. The number of hydrogen-bond acceptors (Lipinski definition) is 4. The Hall–Kier alpha value is -1.65. The van der Waals surface area contributed by atoms with Gasteiger partial charge in [0.25, 0.3) is 0 Å². The Kier molecular flexibility index (Phi) is 3.85. The van der Waals surface area contributed by atoms with Gasteiger partial charge in [0.05, 0.1) is 0 Å². The molecule has 3 heterocycles. The van der Waals surface area contributed by atoms with Crippen LogP contribution in [0.4, 0.5) is 5.82 Å². The third kappa shape index (κ3) is 2.92. The lowest BCUT2D eigenvalue weighted by Crippen LogP contribution is -2.41. The maximum atomic E-state index is 11.7. The molecular weight excluding hydrogens is 252 g/mol. The first-order chi connectivity index (χ1) is 9.72. The average Bonchev–Trinajstić information content (AvgIpc) is 2.85. The van der Waals surface area contributed by atoms with Gasteiger partial charge in [-0.15, -0.1) is 0 Å². The van der Waals surface area contributed by atoms with Crippen molar-refractivity contribution in [3.05, 3.63) is 18.1 Å². The molecule has 5 nitrogen and oxygen atoms in total. The molecule has 0 radical (unpaired) electrons. The first-order valence-electron chi connectivity index (χ1n) is 7.55. The van der Waals surface area contributed by atoms with Crippen LogP contribution in [-0.2, 0) is 4.79 Å². The fourth-order valence-electron chi connectivity index (χ4n) is 3.25. The van der Waals surface area contributed by atoms with Crippen molar-refractivity contribution >= 4 is 11.7 Å². The number of rotatable bonds is 3. The predicted octanol–water partition coefficient (Wildman–Crippen LogP) is 1.62. The van der Waals surface area contributed by atoms with Gasteiger partial charge in [0, 0.05) is 38.8 Å². The normalized spacial score (nSPS) is 23.4. The topological polar surface area (TPSA) is 49.3 Å². The van der Waals surface area contributed by atoms with Gasteiger partial charge in [0.15, 0.2) is 0 Å². The molecule has 108 valence electrons. The van der Waals surface area contributed by atoms with Gasteiger partial charge in [-0.3, -0.25) is 4.79 Å². The lowest BCUT2D eigenvalue weighted by atomic mass is 9.97. The molecule has 2 fully saturated rings. The second-order valence-corrected chi connectivity index (χ2v) is 5.86. The summed E-state index contributed by atoms with van der Waals surface area (Å²) in [5.74, 6) is 2.75. The molecule has 2 aliphatic heterocycles. The van der Waals surface area contributed by atoms with Gasteiger partial charge in [0.2, 0.25) is 5.91 Å². The zero-order chi connectivity index (χ0) is 13.9. The number of amides is 1. The van der Waals surface area contributed by atoms with Gasteiger partial charge in [-0.2, -0.15) is 0 Å². The van der Waals surface area contributed by atoms with Crippen molar-refractivity contribution < 1.29 is 4.79 Å². The van der Waals surface area contributed by atoms with Gasteiger partial charge in [-0.1, -0.05) is 0 Å². The first-order valence-corrected chi connectivity index (χ1v) is 7.55. The molecule has 1 aromatic heterocycles. The molecule has 0 unspecified atom stereocenters. The summed E-state index contributed by atoms with van der Waals surface area (Å²) in [5.41, 5.74) is 0. The van der Waals surface area contributed by atoms with Crippen LogP contribution >= 0.6 is 0 Å². The molecule has 20 heavy (non-hydrogen) atoms. The highest BCUT2D eigenvalue weighted by molar-refractivity contribution is 5.78. The Balaban J connectivity index is 1.63. The van der Waals surface area contributed by atoms with E-state index in [4.69, 9.17) is 0 Å². The lowest BCUT2D eigenvalue weighted by Gasteiger charge is -2.35. The number of carbonyl (C=O) groups excluding carboxylic acids is 1. The second-order valence-electron chi connectivity index (χ2n) is 5.86. The molecule has 3 rings (SSSR count). The molecule has 5 heteroatoms. The molecule has 0 aliphatic carbocycles. The molecule has 2 aliphatic rings. The summed E-state index contributed by atoms with van der Waals surface area (Å²) in [5, 5.41) is 0. The molecule has 0 N–H and O–H groups in total. The van der Waals surface area contributed by atoms with Crippen molar-refractivity contribution in [1.29, 1.82) is 0 Å². The quantitative estimate of drug-likeness (QED) is 0.840. The van der Waals surface area contributed by atoms with E-state index in [1.54, 1.807) is 0 Å². The van der Waals surface area contributed by atoms with Gasteiger partial charge in [0.1, 0.15) is 11.6 Å². The summed E-state index contributed by atoms with van der Waals surface area (Å²) in [6, 6.07) is 1.98. The maximum absolute atomic E-state index is 11.7. The Morgan fingerprint density at radius 3 is 3.00 bits per heavy atom. The Morgan fingerprint density at radius 2 is 2.25 bits per heavy atom. The van der Waals surface area contributed by atoms with E-state index in [1.807, 2.05) is 24.1 Å². The highest BCUT2D eigenvalue weighted by Gasteiger charge is 2.27. The van der Waals surface area contributed by atoms with E-state index < -0.39 is 0 Å². The van der Waals surface area contributed by atoms with E-state index in [1.165, 1.54) is 12.8 Å². The molecule has 0 saturated carbocycles. The molecule has 2 saturated heterocycles. The van der Waals surface area contributed by atoms with Crippen LogP contribution in [0.15, 0.2) is 12.3 Å². The fraction of sp³-hybridized carbons (Fsp3) is 0.667. The van der Waals surface area contributed by atoms with Crippen molar-refractivity contribution in [2.75, 3.05) is 31.1 Å². The lowest BCUT2D eigenvalue weighted by molar-refractivity contribution is -0.128. The highest BCUT2D eigenvalue weighted by Crippen LogP contribution is 2.23. The standard InChI is InChI=1S/C15H22N4O/c1-12-16-7-6-14(17-12)18-8-2-4-13(10-18)11-19-9-3-5-15(19)20/h6-7,13H,2-5,8-11H2,1H3/t13-/m0/s1.